The van der Waals surface area contributed by atoms with Crippen molar-refractivity contribution in [3.63, 3.8) is 0 Å². The summed E-state index contributed by atoms with van der Waals surface area (Å²) in [5.74, 6) is -3.10. The van der Waals surface area contributed by atoms with Crippen LogP contribution in [0, 0.1) is 6.92 Å². The molecular formula is C56H44N4O9S2. The van der Waals surface area contributed by atoms with E-state index in [0.29, 0.717) is 26.7 Å². The van der Waals surface area contributed by atoms with Gasteiger partial charge in [-0.2, -0.15) is 4.98 Å². The van der Waals surface area contributed by atoms with Gasteiger partial charge in [0.05, 0.1) is 39.3 Å². The number of hydrogen-bond acceptors (Lipinski definition) is 14. The second-order valence-electron chi connectivity index (χ2n) is 16.0. The van der Waals surface area contributed by atoms with E-state index in [1.54, 1.807) is 121 Å². The quantitative estimate of drug-likeness (QED) is 0.0755. The number of aromatic nitrogens is 2. The molecule has 0 spiro atoms. The Labute approximate surface area is 416 Å². The number of rotatable bonds is 14. The average molecular weight is 981 g/mol. The van der Waals surface area contributed by atoms with E-state index in [1.807, 2.05) is 96.4 Å². The van der Waals surface area contributed by atoms with Gasteiger partial charge in [-0.1, -0.05) is 150 Å². The van der Waals surface area contributed by atoms with Gasteiger partial charge in [-0.25, -0.2) is 29.2 Å². The molecule has 5 atom stereocenters. The molecule has 7 aromatic carbocycles. The van der Waals surface area contributed by atoms with Crippen molar-refractivity contribution in [3.05, 3.63) is 244 Å². The lowest BCUT2D eigenvalue weighted by Gasteiger charge is -2.44. The highest BCUT2D eigenvalue weighted by molar-refractivity contribution is 7.99. The molecule has 0 bridgehead atoms. The van der Waals surface area contributed by atoms with Gasteiger partial charge in [0.15, 0.2) is 33.7 Å². The molecule has 354 valence electrons. The fourth-order valence-electron chi connectivity index (χ4n) is 7.43. The first-order valence-corrected chi connectivity index (χ1v) is 24.2. The van der Waals surface area contributed by atoms with Gasteiger partial charge in [-0.05, 0) is 91.9 Å². The van der Waals surface area contributed by atoms with E-state index in [4.69, 9.17) is 38.7 Å². The van der Waals surface area contributed by atoms with Gasteiger partial charge in [0.1, 0.15) is 12.7 Å². The van der Waals surface area contributed by atoms with Crippen LogP contribution in [0.2, 0.25) is 0 Å². The predicted octanol–water partition coefficient (Wildman–Crippen LogP) is 10.1. The number of esters is 4. The van der Waals surface area contributed by atoms with Crippen LogP contribution in [-0.4, -0.2) is 69.9 Å². The standard InChI is InChI=1S/C56H44N4O9S2/c1-37-32-34-43(35-33-37)57-54-59-56(60(44-30-18-7-19-31-44)55(71-54)58-42-28-16-6-17-29-42)70-53-48(69-52(64)41-26-14-5-15-27-41)47(68-51(63)40-24-12-4-13-25-40)46(67-50(62)39-22-10-3-11-23-39)45(66-53)36-65-49(61)38-20-8-2-9-21-38/h2-35,45-48,53H,36H2,1H3/t45-,46-,47+,48-,53?/m1/s1. The van der Waals surface area contributed by atoms with Crippen LogP contribution in [0.4, 0.5) is 11.4 Å². The molecule has 1 saturated heterocycles. The average Bonchev–Trinajstić information content (AvgIpc) is 3.41. The van der Waals surface area contributed by atoms with Gasteiger partial charge < -0.3 is 23.7 Å². The Kier molecular flexibility index (Phi) is 15.4. The van der Waals surface area contributed by atoms with Crippen LogP contribution in [0.5, 0.6) is 0 Å². The highest BCUT2D eigenvalue weighted by Gasteiger charge is 2.54. The zero-order chi connectivity index (χ0) is 48.9. The minimum absolute atomic E-state index is 0.166. The molecule has 13 nitrogen and oxygen atoms in total. The van der Waals surface area contributed by atoms with E-state index in [0.717, 1.165) is 17.3 Å². The van der Waals surface area contributed by atoms with Crippen LogP contribution < -0.4 is 9.60 Å². The SMILES string of the molecule is Cc1ccc(N=c2nc(SC3O[C@H](COC(=O)c4ccccc4)[C@@H](OC(=O)c4ccccc4)[C@H](OC(=O)c4ccccc4)[C@H]3OC(=O)c3ccccc3)n(-c3ccccc3)c(=Nc3ccccc3)s2)cc1. The zero-order valence-corrected chi connectivity index (χ0v) is 39.6. The smallest absolute Gasteiger partial charge is 0.338 e. The second-order valence-corrected chi connectivity index (χ2v) is 18.0. The normalized spacial score (nSPS) is 18.0. The number of carbonyl (C=O) groups is 4. The maximum Gasteiger partial charge on any atom is 0.338 e. The summed E-state index contributed by atoms with van der Waals surface area (Å²) in [6, 6.07) is 59.6. The van der Waals surface area contributed by atoms with Crippen LogP contribution in [-0.2, 0) is 23.7 Å². The lowest BCUT2D eigenvalue weighted by molar-refractivity contribution is -0.207. The monoisotopic (exact) mass is 980 g/mol. The Hall–Kier alpha value is -8.24. The van der Waals surface area contributed by atoms with Gasteiger partial charge in [-0.15, -0.1) is 0 Å². The number of hydrogen-bond donors (Lipinski definition) is 0. The molecule has 1 aliphatic heterocycles. The summed E-state index contributed by atoms with van der Waals surface area (Å²) in [6.07, 6.45) is -5.99. The predicted molar refractivity (Wildman–Crippen MR) is 268 cm³/mol. The molecule has 1 aliphatic rings. The molecule has 0 aliphatic carbocycles. The molecule has 1 unspecified atom stereocenters. The number of thioether (sulfide) groups is 1. The molecule has 1 fully saturated rings. The number of carbonyl (C=O) groups excluding carboxylic acids is 4. The number of benzene rings is 7. The van der Waals surface area contributed by atoms with E-state index < -0.39 is 60.3 Å². The first-order valence-electron chi connectivity index (χ1n) is 22.5. The molecule has 0 amide bonds. The third kappa shape index (κ3) is 12.1. The lowest BCUT2D eigenvalue weighted by Crippen LogP contribution is -2.62. The van der Waals surface area contributed by atoms with Gasteiger partial charge in [0, 0.05) is 0 Å². The Balaban J connectivity index is 1.24. The van der Waals surface area contributed by atoms with Crippen LogP contribution in [0.25, 0.3) is 5.69 Å². The Morgan fingerprint density at radius 1 is 0.535 bits per heavy atom. The first kappa shape index (κ1) is 47.8. The topological polar surface area (TPSA) is 157 Å². The Morgan fingerprint density at radius 2 is 0.972 bits per heavy atom. The van der Waals surface area contributed by atoms with Crippen LogP contribution in [0.15, 0.2) is 221 Å². The molecule has 9 rings (SSSR count). The fourth-order valence-corrected chi connectivity index (χ4v) is 9.61. The van der Waals surface area contributed by atoms with E-state index >= 15 is 0 Å². The maximum atomic E-state index is 14.4. The second kappa shape index (κ2) is 22.9. The Bertz CT molecular complexity index is 3240. The molecule has 1 aromatic heterocycles. The summed E-state index contributed by atoms with van der Waals surface area (Å²) in [5, 5.41) is 0.272. The molecule has 8 aromatic rings. The van der Waals surface area contributed by atoms with Gasteiger partial charge in [-0.3, -0.25) is 4.57 Å². The summed E-state index contributed by atoms with van der Waals surface area (Å²) < 4.78 is 33.8. The lowest BCUT2D eigenvalue weighted by atomic mass is 9.98. The van der Waals surface area contributed by atoms with Crippen LogP contribution in [0.1, 0.15) is 47.0 Å². The van der Waals surface area contributed by atoms with Crippen molar-refractivity contribution < 1.29 is 42.9 Å². The molecule has 15 heteroatoms. The molecule has 2 heterocycles. The number of ether oxygens (including phenoxy) is 5. The van der Waals surface area contributed by atoms with Crippen molar-refractivity contribution in [1.82, 2.24) is 9.55 Å². The minimum Gasteiger partial charge on any atom is -0.459 e. The summed E-state index contributed by atoms with van der Waals surface area (Å²) in [5.41, 5.74) is 2.46. The third-order valence-corrected chi connectivity index (χ3v) is 12.9. The van der Waals surface area contributed by atoms with Crippen molar-refractivity contribution in [2.45, 2.75) is 41.9 Å². The summed E-state index contributed by atoms with van der Waals surface area (Å²) in [6.45, 7) is 1.49. The Morgan fingerprint density at radius 3 is 1.49 bits per heavy atom. The fraction of sp³-hybridized carbons (Fsp3) is 0.125. The van der Waals surface area contributed by atoms with E-state index in [9.17, 15) is 19.2 Å². The first-order chi connectivity index (χ1) is 34.8. The molecular weight excluding hydrogens is 937 g/mol. The van der Waals surface area contributed by atoms with E-state index in [2.05, 4.69) is 0 Å². The van der Waals surface area contributed by atoms with Gasteiger partial charge >= 0.3 is 23.9 Å². The van der Waals surface area contributed by atoms with Gasteiger partial charge in [0.2, 0.25) is 4.80 Å². The van der Waals surface area contributed by atoms with Crippen LogP contribution >= 0.6 is 23.1 Å². The van der Waals surface area contributed by atoms with Crippen molar-refractivity contribution in [2.24, 2.45) is 9.98 Å². The summed E-state index contributed by atoms with van der Waals surface area (Å²) >= 11 is 2.27. The minimum atomic E-state index is -1.59. The van der Waals surface area contributed by atoms with Crippen molar-refractivity contribution in [2.75, 3.05) is 6.61 Å². The largest absolute Gasteiger partial charge is 0.459 e. The van der Waals surface area contributed by atoms with Crippen molar-refractivity contribution in [1.29, 1.82) is 0 Å². The molecule has 0 saturated carbocycles. The van der Waals surface area contributed by atoms with E-state index in [1.165, 1.54) is 11.3 Å². The van der Waals surface area contributed by atoms with E-state index in [-0.39, 0.29) is 27.4 Å². The number of aryl methyl sites for hydroxylation is 1. The molecule has 0 N–H and O–H groups in total. The highest BCUT2D eigenvalue weighted by atomic mass is 32.2. The third-order valence-electron chi connectivity index (χ3n) is 11.0. The van der Waals surface area contributed by atoms with Crippen LogP contribution in [0.3, 0.4) is 0 Å². The van der Waals surface area contributed by atoms with Crippen molar-refractivity contribution in [3.8, 4) is 5.69 Å². The number of para-hydroxylation sites is 2. The maximum absolute atomic E-state index is 14.4. The molecule has 0 radical (unpaired) electrons. The zero-order valence-electron chi connectivity index (χ0n) is 38.0. The van der Waals surface area contributed by atoms with Gasteiger partial charge in [0.25, 0.3) is 0 Å². The summed E-state index contributed by atoms with van der Waals surface area (Å²) in [4.78, 5) is 72.5. The summed E-state index contributed by atoms with van der Waals surface area (Å²) in [7, 11) is 0. The van der Waals surface area contributed by atoms with Crippen molar-refractivity contribution >= 4 is 58.4 Å². The molecule has 71 heavy (non-hydrogen) atoms. The number of nitrogens with zero attached hydrogens (tertiary/aromatic N) is 4. The highest BCUT2D eigenvalue weighted by Crippen LogP contribution is 2.38.